The minimum absolute atomic E-state index is 0.154. The first-order chi connectivity index (χ1) is 12.6. The quantitative estimate of drug-likeness (QED) is 0.575. The lowest BCUT2D eigenvalue weighted by molar-refractivity contribution is 0.0902. The van der Waals surface area contributed by atoms with Crippen molar-refractivity contribution < 1.29 is 9.59 Å². The van der Waals surface area contributed by atoms with Gasteiger partial charge in [0.05, 0.1) is 12.4 Å². The van der Waals surface area contributed by atoms with Crippen LogP contribution in [0.4, 0.5) is 0 Å². The molecule has 3 N–H and O–H groups in total. The standard InChI is InChI=1S/C16H18N8O2/c1-9-4-17-14-11(5-20-24(14)8-9)15(25)21-12(10-2-3-10)6-18-16(26)13-7-19-23-22-13/h4-5,7-8,10,12H,2-3,6H2,1H3,(H,18,26)(H,21,25)(H,19,22,23). The molecule has 4 rings (SSSR count). The maximum atomic E-state index is 12.7. The minimum Gasteiger partial charge on any atom is -0.349 e. The highest BCUT2D eigenvalue weighted by Crippen LogP contribution is 2.32. The Hall–Kier alpha value is -3.30. The Labute approximate surface area is 148 Å². The van der Waals surface area contributed by atoms with Crippen LogP contribution < -0.4 is 10.6 Å². The molecule has 10 nitrogen and oxygen atoms in total. The molecule has 0 bridgehead atoms. The summed E-state index contributed by atoms with van der Waals surface area (Å²) in [4.78, 5) is 29.0. The minimum atomic E-state index is -0.327. The molecule has 3 aromatic heterocycles. The molecule has 1 aliphatic carbocycles. The maximum Gasteiger partial charge on any atom is 0.273 e. The second-order valence-corrected chi connectivity index (χ2v) is 6.44. The molecule has 0 aliphatic heterocycles. The van der Waals surface area contributed by atoms with Gasteiger partial charge in [0.2, 0.25) is 0 Å². The Morgan fingerprint density at radius 3 is 2.88 bits per heavy atom. The third-order valence-electron chi connectivity index (χ3n) is 4.37. The van der Waals surface area contributed by atoms with Crippen LogP contribution in [0, 0.1) is 12.8 Å². The van der Waals surface area contributed by atoms with Gasteiger partial charge in [0.25, 0.3) is 11.8 Å². The van der Waals surface area contributed by atoms with Gasteiger partial charge in [0.1, 0.15) is 5.56 Å². The van der Waals surface area contributed by atoms with Crippen molar-refractivity contribution >= 4 is 17.5 Å². The summed E-state index contributed by atoms with van der Waals surface area (Å²) in [6, 6.07) is -0.154. The van der Waals surface area contributed by atoms with Gasteiger partial charge in [0.15, 0.2) is 11.3 Å². The largest absolute Gasteiger partial charge is 0.349 e. The van der Waals surface area contributed by atoms with E-state index in [1.165, 1.54) is 12.4 Å². The molecule has 10 heteroatoms. The van der Waals surface area contributed by atoms with Gasteiger partial charge in [-0.3, -0.25) is 9.59 Å². The molecule has 3 aromatic rings. The number of fused-ring (bicyclic) bond motifs is 1. The van der Waals surface area contributed by atoms with Crippen molar-refractivity contribution in [3.8, 4) is 0 Å². The summed E-state index contributed by atoms with van der Waals surface area (Å²) in [6.07, 6.45) is 8.43. The van der Waals surface area contributed by atoms with Crippen LogP contribution in [-0.4, -0.2) is 54.4 Å². The van der Waals surface area contributed by atoms with E-state index in [0.717, 1.165) is 18.4 Å². The van der Waals surface area contributed by atoms with Crippen LogP contribution in [0.3, 0.4) is 0 Å². The van der Waals surface area contributed by atoms with E-state index in [1.807, 2.05) is 13.1 Å². The van der Waals surface area contributed by atoms with Gasteiger partial charge in [-0.25, -0.2) is 9.50 Å². The number of nitrogens with one attached hydrogen (secondary N) is 3. The number of aromatic amines is 1. The Morgan fingerprint density at radius 2 is 2.15 bits per heavy atom. The van der Waals surface area contributed by atoms with Gasteiger partial charge in [-0.15, -0.1) is 0 Å². The van der Waals surface area contributed by atoms with Crippen LogP contribution >= 0.6 is 0 Å². The molecule has 0 spiro atoms. The molecule has 26 heavy (non-hydrogen) atoms. The molecule has 1 aliphatic rings. The number of hydrogen-bond acceptors (Lipinski definition) is 6. The van der Waals surface area contributed by atoms with E-state index >= 15 is 0 Å². The summed E-state index contributed by atoms with van der Waals surface area (Å²) in [6.45, 7) is 2.24. The third-order valence-corrected chi connectivity index (χ3v) is 4.37. The van der Waals surface area contributed by atoms with E-state index in [-0.39, 0.29) is 23.6 Å². The van der Waals surface area contributed by atoms with E-state index < -0.39 is 0 Å². The van der Waals surface area contributed by atoms with Crippen LogP contribution in [0.2, 0.25) is 0 Å². The summed E-state index contributed by atoms with van der Waals surface area (Å²) >= 11 is 0. The second-order valence-electron chi connectivity index (χ2n) is 6.44. The Morgan fingerprint density at radius 1 is 1.31 bits per heavy atom. The zero-order valence-electron chi connectivity index (χ0n) is 14.1. The maximum absolute atomic E-state index is 12.7. The molecule has 1 atom stereocenters. The van der Waals surface area contributed by atoms with E-state index in [9.17, 15) is 9.59 Å². The summed E-state index contributed by atoms with van der Waals surface area (Å²) in [5.74, 6) is -0.218. The second kappa shape index (κ2) is 6.54. The zero-order valence-corrected chi connectivity index (χ0v) is 14.1. The van der Waals surface area contributed by atoms with Crippen molar-refractivity contribution in [1.82, 2.24) is 40.6 Å². The van der Waals surface area contributed by atoms with Crippen LogP contribution in [0.5, 0.6) is 0 Å². The summed E-state index contributed by atoms with van der Waals surface area (Å²) in [5.41, 5.74) is 2.10. The summed E-state index contributed by atoms with van der Waals surface area (Å²) in [7, 11) is 0. The number of nitrogens with zero attached hydrogens (tertiary/aromatic N) is 5. The van der Waals surface area contributed by atoms with Gasteiger partial charge in [0, 0.05) is 25.0 Å². The first-order valence-corrected chi connectivity index (χ1v) is 8.36. The first-order valence-electron chi connectivity index (χ1n) is 8.36. The lowest BCUT2D eigenvalue weighted by Crippen LogP contribution is -2.45. The molecule has 134 valence electrons. The number of rotatable bonds is 6. The lowest BCUT2D eigenvalue weighted by atomic mass is 10.1. The van der Waals surface area contributed by atoms with Crippen molar-refractivity contribution in [2.24, 2.45) is 5.92 Å². The lowest BCUT2D eigenvalue weighted by Gasteiger charge is -2.18. The SMILES string of the molecule is Cc1cnc2c(C(=O)NC(CNC(=O)c3cn[nH]n3)C3CC3)cnn2c1. The monoisotopic (exact) mass is 354 g/mol. The Bertz CT molecular complexity index is 944. The van der Waals surface area contributed by atoms with Gasteiger partial charge in [-0.05, 0) is 31.2 Å². The molecule has 1 fully saturated rings. The number of aromatic nitrogens is 6. The number of aryl methyl sites for hydroxylation is 1. The molecule has 0 saturated heterocycles. The van der Waals surface area contributed by atoms with Crippen molar-refractivity contribution in [2.75, 3.05) is 6.54 Å². The summed E-state index contributed by atoms with van der Waals surface area (Å²) in [5, 5.41) is 19.7. The zero-order chi connectivity index (χ0) is 18.1. The van der Waals surface area contributed by atoms with Crippen LogP contribution in [0.25, 0.3) is 5.65 Å². The Balaban J connectivity index is 1.44. The first kappa shape index (κ1) is 16.2. The van der Waals surface area contributed by atoms with Crippen molar-refractivity contribution in [3.63, 3.8) is 0 Å². The van der Waals surface area contributed by atoms with E-state index in [1.54, 1.807) is 10.7 Å². The molecule has 2 amide bonds. The number of amides is 2. The van der Waals surface area contributed by atoms with E-state index in [0.29, 0.717) is 23.7 Å². The van der Waals surface area contributed by atoms with Crippen molar-refractivity contribution in [2.45, 2.75) is 25.8 Å². The highest BCUT2D eigenvalue weighted by atomic mass is 16.2. The van der Waals surface area contributed by atoms with Crippen molar-refractivity contribution in [3.05, 3.63) is 41.6 Å². The molecule has 1 saturated carbocycles. The number of hydrogen-bond donors (Lipinski definition) is 3. The average Bonchev–Trinajstić information content (AvgIpc) is 3.16. The average molecular weight is 354 g/mol. The van der Waals surface area contributed by atoms with Gasteiger partial charge in [-0.1, -0.05) is 0 Å². The van der Waals surface area contributed by atoms with E-state index in [4.69, 9.17) is 0 Å². The van der Waals surface area contributed by atoms with E-state index in [2.05, 4.69) is 36.1 Å². The number of carbonyl (C=O) groups is 2. The summed E-state index contributed by atoms with van der Waals surface area (Å²) < 4.78 is 1.59. The number of carbonyl (C=O) groups excluding carboxylic acids is 2. The van der Waals surface area contributed by atoms with Crippen LogP contribution in [0.1, 0.15) is 39.3 Å². The predicted molar refractivity (Wildman–Crippen MR) is 90.4 cm³/mol. The smallest absolute Gasteiger partial charge is 0.273 e. The topological polar surface area (TPSA) is 130 Å². The molecule has 1 unspecified atom stereocenters. The van der Waals surface area contributed by atoms with Crippen LogP contribution in [0.15, 0.2) is 24.8 Å². The fraction of sp³-hybridized carbons (Fsp3) is 0.375. The fourth-order valence-corrected chi connectivity index (χ4v) is 2.81. The highest BCUT2D eigenvalue weighted by Gasteiger charge is 2.33. The van der Waals surface area contributed by atoms with Gasteiger partial charge < -0.3 is 10.6 Å². The van der Waals surface area contributed by atoms with Crippen molar-refractivity contribution in [1.29, 1.82) is 0 Å². The third kappa shape index (κ3) is 3.25. The predicted octanol–water partition coefficient (Wildman–Crippen LogP) is 0.0942. The number of H-pyrrole nitrogens is 1. The highest BCUT2D eigenvalue weighted by molar-refractivity contribution is 5.99. The Kier molecular flexibility index (Phi) is 4.07. The molecule has 3 heterocycles. The normalized spacial score (nSPS) is 15.0. The molecule has 0 aromatic carbocycles. The molecular weight excluding hydrogens is 336 g/mol. The van der Waals surface area contributed by atoms with Crippen LogP contribution in [-0.2, 0) is 0 Å². The van der Waals surface area contributed by atoms with Gasteiger partial charge >= 0.3 is 0 Å². The molecule has 0 radical (unpaired) electrons. The molecular formula is C16H18N8O2. The van der Waals surface area contributed by atoms with Gasteiger partial charge in [-0.2, -0.15) is 20.5 Å². The fourth-order valence-electron chi connectivity index (χ4n) is 2.81.